The summed E-state index contributed by atoms with van der Waals surface area (Å²) in [7, 11) is 0. The molecule has 0 radical (unpaired) electrons. The van der Waals surface area contributed by atoms with Crippen LogP contribution in [0.1, 0.15) is 49.3 Å². The molecule has 0 aliphatic heterocycles. The monoisotopic (exact) mass is 530 g/mol. The molecule has 3 atom stereocenters. The van der Waals surface area contributed by atoms with Crippen molar-refractivity contribution in [3.63, 3.8) is 0 Å². The third kappa shape index (κ3) is 6.83. The zero-order chi connectivity index (χ0) is 27.8. The van der Waals surface area contributed by atoms with Crippen molar-refractivity contribution in [2.45, 2.75) is 57.4 Å². The summed E-state index contributed by atoms with van der Waals surface area (Å²) in [6.07, 6.45) is -0.712. The summed E-state index contributed by atoms with van der Waals surface area (Å²) in [5, 5.41) is 14.7. The average molecular weight is 531 g/mol. The number of carboxylic acid groups (broad SMARTS) is 1. The van der Waals surface area contributed by atoms with Gasteiger partial charge in [-0.25, -0.2) is 9.59 Å². The van der Waals surface area contributed by atoms with Gasteiger partial charge in [0.25, 0.3) is 0 Å². The minimum Gasteiger partial charge on any atom is -0.480 e. The first-order valence-electron chi connectivity index (χ1n) is 13.2. The van der Waals surface area contributed by atoms with Crippen LogP contribution in [0.4, 0.5) is 4.79 Å². The molecule has 2 amide bonds. The summed E-state index contributed by atoms with van der Waals surface area (Å²) in [5.74, 6) is -1.92. The first-order chi connectivity index (χ1) is 18.9. The molecule has 0 saturated heterocycles. The van der Waals surface area contributed by atoms with E-state index in [-0.39, 0.29) is 25.6 Å². The summed E-state index contributed by atoms with van der Waals surface area (Å²) in [6.45, 7) is 3.79. The first kappa shape index (κ1) is 27.9. The molecule has 3 aromatic carbocycles. The zero-order valence-corrected chi connectivity index (χ0v) is 22.1. The summed E-state index contributed by atoms with van der Waals surface area (Å²) in [4.78, 5) is 37.8. The maximum absolute atomic E-state index is 13.2. The Kier molecular flexibility index (Phi) is 9.33. The molecule has 0 bridgehead atoms. The minimum absolute atomic E-state index is 0.0844. The Hall–Kier alpha value is -4.17. The van der Waals surface area contributed by atoms with E-state index in [1.807, 2.05) is 73.7 Å². The summed E-state index contributed by atoms with van der Waals surface area (Å²) in [6, 6.07) is 23.2. The average Bonchev–Trinajstić information content (AvgIpc) is 3.27. The van der Waals surface area contributed by atoms with Crippen LogP contribution >= 0.6 is 0 Å². The van der Waals surface area contributed by atoms with Crippen LogP contribution < -0.4 is 10.6 Å². The van der Waals surface area contributed by atoms with E-state index in [2.05, 4.69) is 22.8 Å². The van der Waals surface area contributed by atoms with E-state index in [9.17, 15) is 19.5 Å². The number of amides is 2. The number of hydrogen-bond donors (Lipinski definition) is 3. The van der Waals surface area contributed by atoms with Crippen LogP contribution in [0.5, 0.6) is 0 Å². The van der Waals surface area contributed by atoms with Gasteiger partial charge < -0.3 is 25.2 Å². The second-order valence-corrected chi connectivity index (χ2v) is 9.64. The van der Waals surface area contributed by atoms with E-state index in [0.29, 0.717) is 6.42 Å². The molecular formula is C31H34N2O6. The van der Waals surface area contributed by atoms with Gasteiger partial charge in [-0.2, -0.15) is 0 Å². The van der Waals surface area contributed by atoms with Crippen LogP contribution in [0.25, 0.3) is 11.1 Å². The van der Waals surface area contributed by atoms with E-state index in [4.69, 9.17) is 9.47 Å². The van der Waals surface area contributed by atoms with E-state index < -0.39 is 36.2 Å². The number of fused-ring (bicyclic) bond motifs is 3. The zero-order valence-electron chi connectivity index (χ0n) is 22.1. The lowest BCUT2D eigenvalue weighted by Crippen LogP contribution is -2.56. The number of carbonyl (C=O) groups excluding carboxylic acids is 2. The molecule has 3 N–H and O–H groups in total. The molecule has 0 saturated carbocycles. The number of alkyl carbamates (subject to hydrolysis) is 1. The second kappa shape index (κ2) is 13.1. The molecule has 0 fully saturated rings. The van der Waals surface area contributed by atoms with Crippen LogP contribution in [0.2, 0.25) is 0 Å². The highest BCUT2D eigenvalue weighted by Crippen LogP contribution is 2.44. The Bertz CT molecular complexity index is 1250. The van der Waals surface area contributed by atoms with Crippen molar-refractivity contribution in [1.82, 2.24) is 10.6 Å². The summed E-state index contributed by atoms with van der Waals surface area (Å²) >= 11 is 0. The highest BCUT2D eigenvalue weighted by Gasteiger charge is 2.33. The standard InChI is InChI=1S/C31H34N2O6/c1-3-11-27(30(35)36)32-29(34)28(20(2)38-18-21-12-5-4-6-13-21)33-31(37)39-19-26-24-16-9-7-14-22(24)23-15-8-10-17-25(23)26/h4-10,12-17,20,26-28H,3,11,18-19H2,1-2H3,(H,32,34)(H,33,37)(H,35,36)/t20?,27-,28?/m1/s1. The normalized spacial score (nSPS) is 14.4. The predicted octanol–water partition coefficient (Wildman–Crippen LogP) is 4.87. The van der Waals surface area contributed by atoms with Crippen molar-refractivity contribution in [3.8, 4) is 11.1 Å². The van der Waals surface area contributed by atoms with Gasteiger partial charge in [0.1, 0.15) is 18.7 Å². The molecular weight excluding hydrogens is 496 g/mol. The lowest BCUT2D eigenvalue weighted by molar-refractivity contribution is -0.143. The van der Waals surface area contributed by atoms with Gasteiger partial charge in [0.15, 0.2) is 0 Å². The number of ether oxygens (including phenoxy) is 2. The number of rotatable bonds is 12. The number of nitrogens with one attached hydrogen (secondary N) is 2. The second-order valence-electron chi connectivity index (χ2n) is 9.64. The molecule has 0 heterocycles. The minimum atomic E-state index is -1.16. The van der Waals surface area contributed by atoms with Gasteiger partial charge in [0.05, 0.1) is 12.7 Å². The van der Waals surface area contributed by atoms with Gasteiger partial charge in [0.2, 0.25) is 5.91 Å². The molecule has 8 nitrogen and oxygen atoms in total. The Morgan fingerprint density at radius 3 is 2.05 bits per heavy atom. The largest absolute Gasteiger partial charge is 0.480 e. The summed E-state index contributed by atoms with van der Waals surface area (Å²) in [5.41, 5.74) is 5.27. The highest BCUT2D eigenvalue weighted by molar-refractivity contribution is 5.89. The molecule has 39 heavy (non-hydrogen) atoms. The van der Waals surface area contributed by atoms with E-state index in [1.54, 1.807) is 6.92 Å². The lowest BCUT2D eigenvalue weighted by atomic mass is 9.98. The fourth-order valence-electron chi connectivity index (χ4n) is 4.87. The van der Waals surface area contributed by atoms with E-state index >= 15 is 0 Å². The van der Waals surface area contributed by atoms with Crippen molar-refractivity contribution in [2.24, 2.45) is 0 Å². The highest BCUT2D eigenvalue weighted by atomic mass is 16.5. The Labute approximate surface area is 228 Å². The van der Waals surface area contributed by atoms with E-state index in [1.165, 1.54) is 0 Å². The molecule has 2 unspecified atom stereocenters. The fraction of sp³-hybridized carbons (Fsp3) is 0.323. The third-order valence-electron chi connectivity index (χ3n) is 6.92. The lowest BCUT2D eigenvalue weighted by Gasteiger charge is -2.26. The Morgan fingerprint density at radius 1 is 0.872 bits per heavy atom. The fourth-order valence-corrected chi connectivity index (χ4v) is 4.87. The quantitative estimate of drug-likeness (QED) is 0.308. The number of benzene rings is 3. The molecule has 8 heteroatoms. The molecule has 1 aliphatic rings. The SMILES string of the molecule is CCC[C@@H](NC(=O)C(NC(=O)OCC1c2ccccc2-c2ccccc21)C(C)OCc1ccccc1)C(=O)O. The smallest absolute Gasteiger partial charge is 0.407 e. The van der Waals surface area contributed by atoms with Crippen molar-refractivity contribution >= 4 is 18.0 Å². The van der Waals surface area contributed by atoms with Gasteiger partial charge in [-0.1, -0.05) is 92.2 Å². The molecule has 1 aliphatic carbocycles. The number of carboxylic acids is 1. The van der Waals surface area contributed by atoms with E-state index in [0.717, 1.165) is 27.8 Å². The van der Waals surface area contributed by atoms with Crippen LogP contribution in [-0.2, 0) is 25.7 Å². The van der Waals surface area contributed by atoms with Crippen molar-refractivity contribution in [3.05, 3.63) is 95.6 Å². The first-order valence-corrected chi connectivity index (χ1v) is 13.2. The van der Waals surface area contributed by atoms with Crippen LogP contribution in [0, 0.1) is 0 Å². The van der Waals surface area contributed by atoms with Crippen LogP contribution in [0.3, 0.4) is 0 Å². The molecule has 4 rings (SSSR count). The van der Waals surface area contributed by atoms with Gasteiger partial charge in [-0.15, -0.1) is 0 Å². The van der Waals surface area contributed by atoms with Gasteiger partial charge in [0, 0.05) is 5.92 Å². The van der Waals surface area contributed by atoms with Crippen molar-refractivity contribution in [2.75, 3.05) is 6.61 Å². The predicted molar refractivity (Wildman–Crippen MR) is 147 cm³/mol. The molecule has 0 spiro atoms. The topological polar surface area (TPSA) is 114 Å². The number of carbonyl (C=O) groups is 3. The van der Waals surface area contributed by atoms with Crippen molar-refractivity contribution < 1.29 is 29.0 Å². The van der Waals surface area contributed by atoms with Crippen LogP contribution in [0.15, 0.2) is 78.9 Å². The van der Waals surface area contributed by atoms with Gasteiger partial charge in [-0.05, 0) is 41.2 Å². The Balaban J connectivity index is 1.45. The third-order valence-corrected chi connectivity index (χ3v) is 6.92. The van der Waals surface area contributed by atoms with Gasteiger partial charge in [-0.3, -0.25) is 4.79 Å². The Morgan fingerprint density at radius 2 is 1.46 bits per heavy atom. The maximum Gasteiger partial charge on any atom is 0.407 e. The summed E-state index contributed by atoms with van der Waals surface area (Å²) < 4.78 is 11.5. The van der Waals surface area contributed by atoms with Gasteiger partial charge >= 0.3 is 12.1 Å². The molecule has 3 aromatic rings. The van der Waals surface area contributed by atoms with Crippen LogP contribution in [-0.4, -0.2) is 47.9 Å². The number of aliphatic carboxylic acids is 1. The van der Waals surface area contributed by atoms with Crippen molar-refractivity contribution in [1.29, 1.82) is 0 Å². The number of hydrogen-bond acceptors (Lipinski definition) is 5. The molecule has 0 aromatic heterocycles. The maximum atomic E-state index is 13.2. The molecule has 204 valence electrons.